The minimum atomic E-state index is 0.834. The summed E-state index contributed by atoms with van der Waals surface area (Å²) in [5.74, 6) is 0.945. The molecule has 0 atom stereocenters. The molecule has 0 aliphatic carbocycles. The fraction of sp³-hybridized carbons (Fsp3) is 0.625. The Hall–Kier alpha value is -0.570. The van der Waals surface area contributed by atoms with E-state index in [2.05, 4.69) is 29.4 Å². The summed E-state index contributed by atoms with van der Waals surface area (Å²) >= 11 is 6.01. The van der Waals surface area contributed by atoms with Gasteiger partial charge in [-0.05, 0) is 76.0 Å². The standard InChI is InChI=1S/C16H25ClN2/c1-19(13-15-4-2-6-16(17)12-15)11-3-5-14-7-9-18-10-8-14/h2,4,6,12,14,18H,3,5,7-11,13H2,1H3. The van der Waals surface area contributed by atoms with Gasteiger partial charge in [0.25, 0.3) is 0 Å². The second-order valence-electron chi connectivity index (χ2n) is 5.70. The van der Waals surface area contributed by atoms with Crippen LogP contribution in [-0.2, 0) is 6.54 Å². The van der Waals surface area contributed by atoms with Crippen molar-refractivity contribution in [3.8, 4) is 0 Å². The van der Waals surface area contributed by atoms with Crippen molar-refractivity contribution < 1.29 is 0 Å². The fourth-order valence-electron chi connectivity index (χ4n) is 2.85. The monoisotopic (exact) mass is 280 g/mol. The Bertz CT molecular complexity index is 375. The lowest BCUT2D eigenvalue weighted by Gasteiger charge is -2.24. The van der Waals surface area contributed by atoms with Crippen molar-refractivity contribution in [1.82, 2.24) is 10.2 Å². The van der Waals surface area contributed by atoms with E-state index in [0.29, 0.717) is 0 Å². The molecular weight excluding hydrogens is 256 g/mol. The Morgan fingerprint density at radius 2 is 2.11 bits per heavy atom. The van der Waals surface area contributed by atoms with Crippen LogP contribution >= 0.6 is 11.6 Å². The topological polar surface area (TPSA) is 15.3 Å². The lowest BCUT2D eigenvalue weighted by molar-refractivity contribution is 0.286. The van der Waals surface area contributed by atoms with Gasteiger partial charge in [-0.3, -0.25) is 0 Å². The molecule has 0 saturated carbocycles. The van der Waals surface area contributed by atoms with E-state index >= 15 is 0 Å². The van der Waals surface area contributed by atoms with Gasteiger partial charge in [-0.15, -0.1) is 0 Å². The molecule has 0 aromatic heterocycles. The fourth-order valence-corrected chi connectivity index (χ4v) is 3.06. The molecule has 0 unspecified atom stereocenters. The lowest BCUT2D eigenvalue weighted by atomic mass is 9.93. The molecule has 1 fully saturated rings. The molecule has 1 aliphatic rings. The van der Waals surface area contributed by atoms with Gasteiger partial charge in [-0.25, -0.2) is 0 Å². The van der Waals surface area contributed by atoms with Crippen LogP contribution in [0.1, 0.15) is 31.2 Å². The van der Waals surface area contributed by atoms with Gasteiger partial charge in [-0.2, -0.15) is 0 Å². The maximum Gasteiger partial charge on any atom is 0.0409 e. The van der Waals surface area contributed by atoms with Gasteiger partial charge >= 0.3 is 0 Å². The van der Waals surface area contributed by atoms with E-state index in [-0.39, 0.29) is 0 Å². The van der Waals surface area contributed by atoms with Crippen molar-refractivity contribution in [2.75, 3.05) is 26.7 Å². The molecule has 1 heterocycles. The quantitative estimate of drug-likeness (QED) is 0.857. The zero-order valence-electron chi connectivity index (χ0n) is 11.9. The zero-order valence-corrected chi connectivity index (χ0v) is 12.6. The maximum atomic E-state index is 6.01. The van der Waals surface area contributed by atoms with Crippen LogP contribution in [0.15, 0.2) is 24.3 Å². The largest absolute Gasteiger partial charge is 0.317 e. The molecule has 0 bridgehead atoms. The van der Waals surface area contributed by atoms with Crippen LogP contribution < -0.4 is 5.32 Å². The third-order valence-corrected chi connectivity index (χ3v) is 4.19. The molecule has 0 amide bonds. The van der Waals surface area contributed by atoms with Gasteiger partial charge in [0.05, 0.1) is 0 Å². The number of rotatable bonds is 6. The van der Waals surface area contributed by atoms with Crippen LogP contribution in [0.25, 0.3) is 0 Å². The first-order chi connectivity index (χ1) is 9.24. The molecule has 1 N–H and O–H groups in total. The second kappa shape index (κ2) is 7.88. The van der Waals surface area contributed by atoms with Crippen LogP contribution in [0.2, 0.25) is 5.02 Å². The van der Waals surface area contributed by atoms with E-state index in [9.17, 15) is 0 Å². The van der Waals surface area contributed by atoms with E-state index < -0.39 is 0 Å². The summed E-state index contributed by atoms with van der Waals surface area (Å²) in [4.78, 5) is 2.40. The molecule has 0 spiro atoms. The van der Waals surface area contributed by atoms with Crippen LogP contribution in [-0.4, -0.2) is 31.6 Å². The van der Waals surface area contributed by atoms with Gasteiger partial charge < -0.3 is 10.2 Å². The van der Waals surface area contributed by atoms with Gasteiger partial charge in [0.1, 0.15) is 0 Å². The third-order valence-electron chi connectivity index (χ3n) is 3.95. The van der Waals surface area contributed by atoms with Crippen LogP contribution in [0.4, 0.5) is 0 Å². The number of hydrogen-bond donors (Lipinski definition) is 1. The van der Waals surface area contributed by atoms with Crippen LogP contribution in [0.5, 0.6) is 0 Å². The van der Waals surface area contributed by atoms with Crippen molar-refractivity contribution in [1.29, 1.82) is 0 Å². The Morgan fingerprint density at radius 3 is 2.84 bits per heavy atom. The molecule has 106 valence electrons. The van der Waals surface area contributed by atoms with Gasteiger partial charge in [0, 0.05) is 11.6 Å². The van der Waals surface area contributed by atoms with E-state index in [4.69, 9.17) is 11.6 Å². The number of halogens is 1. The van der Waals surface area contributed by atoms with Crippen molar-refractivity contribution in [3.63, 3.8) is 0 Å². The molecule has 1 aromatic carbocycles. The third kappa shape index (κ3) is 5.52. The minimum absolute atomic E-state index is 0.834. The molecule has 0 radical (unpaired) electrons. The molecule has 1 aromatic rings. The Balaban J connectivity index is 1.65. The highest BCUT2D eigenvalue weighted by Gasteiger charge is 2.12. The van der Waals surface area contributed by atoms with Gasteiger partial charge in [-0.1, -0.05) is 23.7 Å². The first-order valence-corrected chi connectivity index (χ1v) is 7.75. The average Bonchev–Trinajstić information content (AvgIpc) is 2.40. The predicted molar refractivity (Wildman–Crippen MR) is 82.6 cm³/mol. The summed E-state index contributed by atoms with van der Waals surface area (Å²) in [5.41, 5.74) is 1.30. The normalized spacial score (nSPS) is 17.0. The smallest absolute Gasteiger partial charge is 0.0409 e. The molecule has 2 rings (SSSR count). The number of benzene rings is 1. The highest BCUT2D eigenvalue weighted by Crippen LogP contribution is 2.18. The summed E-state index contributed by atoms with van der Waals surface area (Å²) in [5, 5.41) is 4.26. The predicted octanol–water partition coefficient (Wildman–Crippen LogP) is 3.55. The Labute approximate surface area is 122 Å². The van der Waals surface area contributed by atoms with Crippen LogP contribution in [0.3, 0.4) is 0 Å². The number of hydrogen-bond acceptors (Lipinski definition) is 2. The molecule has 19 heavy (non-hydrogen) atoms. The maximum absolute atomic E-state index is 6.01. The first kappa shape index (κ1) is 14.8. The summed E-state index contributed by atoms with van der Waals surface area (Å²) in [7, 11) is 2.20. The molecule has 1 aliphatic heterocycles. The summed E-state index contributed by atoms with van der Waals surface area (Å²) < 4.78 is 0. The molecule has 3 heteroatoms. The Kier molecular flexibility index (Phi) is 6.15. The van der Waals surface area contributed by atoms with Crippen LogP contribution in [0, 0.1) is 5.92 Å². The molecule has 2 nitrogen and oxygen atoms in total. The van der Waals surface area contributed by atoms with E-state index in [1.54, 1.807) is 0 Å². The van der Waals surface area contributed by atoms with E-state index in [1.807, 2.05) is 12.1 Å². The SMILES string of the molecule is CN(CCCC1CCNCC1)Cc1cccc(Cl)c1. The van der Waals surface area contributed by atoms with E-state index in [0.717, 1.165) is 17.5 Å². The Morgan fingerprint density at radius 1 is 1.32 bits per heavy atom. The number of nitrogens with one attached hydrogen (secondary N) is 1. The van der Waals surface area contributed by atoms with Crippen molar-refractivity contribution in [2.24, 2.45) is 5.92 Å². The van der Waals surface area contributed by atoms with Crippen molar-refractivity contribution >= 4 is 11.6 Å². The van der Waals surface area contributed by atoms with Gasteiger partial charge in [0.2, 0.25) is 0 Å². The summed E-state index contributed by atoms with van der Waals surface area (Å²) in [6.45, 7) is 4.59. The number of nitrogens with zero attached hydrogens (tertiary/aromatic N) is 1. The highest BCUT2D eigenvalue weighted by atomic mass is 35.5. The molecular formula is C16H25ClN2. The summed E-state index contributed by atoms with van der Waals surface area (Å²) in [6.07, 6.45) is 5.40. The van der Waals surface area contributed by atoms with Crippen molar-refractivity contribution in [3.05, 3.63) is 34.9 Å². The second-order valence-corrected chi connectivity index (χ2v) is 6.14. The zero-order chi connectivity index (χ0) is 13.5. The number of piperidine rings is 1. The first-order valence-electron chi connectivity index (χ1n) is 7.38. The van der Waals surface area contributed by atoms with E-state index in [1.165, 1.54) is 50.9 Å². The van der Waals surface area contributed by atoms with Gasteiger partial charge in [0.15, 0.2) is 0 Å². The highest BCUT2D eigenvalue weighted by molar-refractivity contribution is 6.30. The molecule has 1 saturated heterocycles. The average molecular weight is 281 g/mol. The lowest BCUT2D eigenvalue weighted by Crippen LogP contribution is -2.28. The minimum Gasteiger partial charge on any atom is -0.317 e. The summed E-state index contributed by atoms with van der Waals surface area (Å²) in [6, 6.07) is 8.17. The van der Waals surface area contributed by atoms with Crippen molar-refractivity contribution in [2.45, 2.75) is 32.2 Å².